The van der Waals surface area contributed by atoms with Gasteiger partial charge < -0.3 is 4.98 Å². The van der Waals surface area contributed by atoms with E-state index in [2.05, 4.69) is 76.5 Å². The Morgan fingerprint density at radius 2 is 2.04 bits per heavy atom. The SMILES string of the molecule is CCCCCC1(c2ccc(Br)cn2)NC(C)Cc2c1[nH]c1ccccc21. The predicted octanol–water partition coefficient (Wildman–Crippen LogP) is 5.68. The molecule has 1 aliphatic heterocycles. The standard InChI is InChI=1S/C22H26BrN3/c1-3-4-7-12-22(20-11-10-16(23)14-24-20)21-18(13-15(2)26-22)17-8-5-6-9-19(17)25-21/h5-6,8-11,14-15,25-26H,3-4,7,12-13H2,1-2H3. The van der Waals surface area contributed by atoms with E-state index in [1.807, 2.05) is 6.20 Å². The number of nitrogens with one attached hydrogen (secondary N) is 2. The summed E-state index contributed by atoms with van der Waals surface area (Å²) in [5.41, 5.74) is 4.85. The summed E-state index contributed by atoms with van der Waals surface area (Å²) in [6.45, 7) is 4.55. The Balaban J connectivity index is 1.91. The molecule has 2 aromatic heterocycles. The Hall–Kier alpha value is -1.65. The minimum absolute atomic E-state index is 0.248. The highest BCUT2D eigenvalue weighted by atomic mass is 79.9. The number of H-pyrrole nitrogens is 1. The molecule has 2 unspecified atom stereocenters. The number of halogens is 1. The average Bonchev–Trinajstić information content (AvgIpc) is 3.01. The van der Waals surface area contributed by atoms with Crippen LogP contribution in [0.25, 0.3) is 10.9 Å². The molecule has 1 aliphatic rings. The minimum Gasteiger partial charge on any atom is -0.356 e. The van der Waals surface area contributed by atoms with Crippen molar-refractivity contribution in [3.05, 3.63) is 64.0 Å². The van der Waals surface area contributed by atoms with Gasteiger partial charge in [0.25, 0.3) is 0 Å². The lowest BCUT2D eigenvalue weighted by atomic mass is 9.78. The predicted molar refractivity (Wildman–Crippen MR) is 111 cm³/mol. The molecule has 0 saturated heterocycles. The third kappa shape index (κ3) is 2.99. The maximum Gasteiger partial charge on any atom is 0.102 e. The second-order valence-corrected chi connectivity index (χ2v) is 8.41. The van der Waals surface area contributed by atoms with E-state index in [1.165, 1.54) is 41.4 Å². The van der Waals surface area contributed by atoms with Gasteiger partial charge in [0.2, 0.25) is 0 Å². The number of nitrogens with zero attached hydrogens (tertiary/aromatic N) is 1. The second-order valence-electron chi connectivity index (χ2n) is 7.50. The Bertz CT molecular complexity index is 899. The summed E-state index contributed by atoms with van der Waals surface area (Å²) in [4.78, 5) is 8.58. The number of hydrogen-bond donors (Lipinski definition) is 2. The first-order valence-corrected chi connectivity index (χ1v) is 10.4. The van der Waals surface area contributed by atoms with Crippen LogP contribution in [0, 0.1) is 0 Å². The zero-order valence-electron chi connectivity index (χ0n) is 15.5. The van der Waals surface area contributed by atoms with Crippen LogP contribution < -0.4 is 5.32 Å². The van der Waals surface area contributed by atoms with Gasteiger partial charge >= 0.3 is 0 Å². The van der Waals surface area contributed by atoms with Crippen molar-refractivity contribution in [2.24, 2.45) is 0 Å². The normalized spacial score (nSPS) is 22.5. The fraction of sp³-hybridized carbons (Fsp3) is 0.409. The molecule has 0 spiro atoms. The molecule has 0 saturated carbocycles. The highest BCUT2D eigenvalue weighted by Crippen LogP contribution is 2.42. The van der Waals surface area contributed by atoms with Gasteiger partial charge in [0.1, 0.15) is 5.54 Å². The number of aromatic nitrogens is 2. The molecule has 0 radical (unpaired) electrons. The maximum atomic E-state index is 4.83. The largest absolute Gasteiger partial charge is 0.356 e. The van der Waals surface area contributed by atoms with Crippen LogP contribution >= 0.6 is 15.9 Å². The number of hydrogen-bond acceptors (Lipinski definition) is 2. The molecule has 3 heterocycles. The first-order chi connectivity index (χ1) is 12.6. The van der Waals surface area contributed by atoms with Gasteiger partial charge in [-0.2, -0.15) is 0 Å². The molecule has 0 fully saturated rings. The Kier molecular flexibility index (Phi) is 4.89. The van der Waals surface area contributed by atoms with Gasteiger partial charge in [0, 0.05) is 33.3 Å². The van der Waals surface area contributed by atoms with Crippen LogP contribution in [-0.2, 0) is 12.0 Å². The third-order valence-corrected chi connectivity index (χ3v) is 6.03. The van der Waals surface area contributed by atoms with E-state index in [1.54, 1.807) is 0 Å². The maximum absolute atomic E-state index is 4.83. The zero-order valence-corrected chi connectivity index (χ0v) is 17.1. The summed E-state index contributed by atoms with van der Waals surface area (Å²) in [5, 5.41) is 5.29. The fourth-order valence-corrected chi connectivity index (χ4v) is 4.66. The van der Waals surface area contributed by atoms with Crippen LogP contribution in [0.5, 0.6) is 0 Å². The van der Waals surface area contributed by atoms with E-state index < -0.39 is 0 Å². The third-order valence-electron chi connectivity index (χ3n) is 5.56. The topological polar surface area (TPSA) is 40.7 Å². The summed E-state index contributed by atoms with van der Waals surface area (Å²) in [7, 11) is 0. The summed E-state index contributed by atoms with van der Waals surface area (Å²) in [6, 6.07) is 13.4. The zero-order chi connectivity index (χ0) is 18.1. The van der Waals surface area contributed by atoms with E-state index in [4.69, 9.17) is 4.98 Å². The molecule has 136 valence electrons. The fourth-order valence-electron chi connectivity index (χ4n) is 4.42. The smallest absolute Gasteiger partial charge is 0.102 e. The van der Waals surface area contributed by atoms with Gasteiger partial charge in [-0.05, 0) is 59.5 Å². The van der Waals surface area contributed by atoms with Gasteiger partial charge in [0.05, 0.1) is 5.69 Å². The van der Waals surface area contributed by atoms with Crippen molar-refractivity contribution in [1.29, 1.82) is 0 Å². The molecule has 0 bridgehead atoms. The van der Waals surface area contributed by atoms with Crippen molar-refractivity contribution in [1.82, 2.24) is 15.3 Å². The number of para-hydroxylation sites is 1. The summed E-state index contributed by atoms with van der Waals surface area (Å²) in [5.74, 6) is 0. The lowest BCUT2D eigenvalue weighted by Crippen LogP contribution is -2.53. The molecule has 3 aromatic rings. The Morgan fingerprint density at radius 3 is 2.81 bits per heavy atom. The second kappa shape index (κ2) is 7.16. The first kappa shape index (κ1) is 17.7. The van der Waals surface area contributed by atoms with Gasteiger partial charge in [-0.1, -0.05) is 44.4 Å². The molecular formula is C22H26BrN3. The van der Waals surface area contributed by atoms with Crippen molar-refractivity contribution in [2.75, 3.05) is 0 Å². The molecular weight excluding hydrogens is 386 g/mol. The van der Waals surface area contributed by atoms with E-state index >= 15 is 0 Å². The number of unbranched alkanes of at least 4 members (excludes halogenated alkanes) is 2. The van der Waals surface area contributed by atoms with Crippen molar-refractivity contribution in [3.63, 3.8) is 0 Å². The molecule has 2 atom stereocenters. The van der Waals surface area contributed by atoms with Crippen molar-refractivity contribution in [2.45, 2.75) is 57.5 Å². The number of benzene rings is 1. The molecule has 2 N–H and O–H groups in total. The van der Waals surface area contributed by atoms with E-state index in [0.29, 0.717) is 6.04 Å². The highest BCUT2D eigenvalue weighted by Gasteiger charge is 2.43. The monoisotopic (exact) mass is 411 g/mol. The van der Waals surface area contributed by atoms with Crippen molar-refractivity contribution >= 4 is 26.8 Å². The van der Waals surface area contributed by atoms with Crippen LogP contribution in [0.15, 0.2) is 47.1 Å². The van der Waals surface area contributed by atoms with E-state index in [-0.39, 0.29) is 5.54 Å². The Morgan fingerprint density at radius 1 is 1.19 bits per heavy atom. The van der Waals surface area contributed by atoms with Gasteiger partial charge in [-0.3, -0.25) is 10.3 Å². The summed E-state index contributed by atoms with van der Waals surface area (Å²) < 4.78 is 1.02. The average molecular weight is 412 g/mol. The van der Waals surface area contributed by atoms with Crippen LogP contribution in [0.4, 0.5) is 0 Å². The van der Waals surface area contributed by atoms with Gasteiger partial charge in [-0.25, -0.2) is 0 Å². The molecule has 26 heavy (non-hydrogen) atoms. The Labute approximate surface area is 163 Å². The lowest BCUT2D eigenvalue weighted by Gasteiger charge is -2.41. The summed E-state index contributed by atoms with van der Waals surface area (Å²) in [6.07, 6.45) is 7.66. The van der Waals surface area contributed by atoms with Crippen molar-refractivity contribution in [3.8, 4) is 0 Å². The molecule has 3 nitrogen and oxygen atoms in total. The molecule has 4 rings (SSSR count). The van der Waals surface area contributed by atoms with Crippen LogP contribution in [0.1, 0.15) is 56.5 Å². The van der Waals surface area contributed by atoms with Gasteiger partial charge in [0.15, 0.2) is 0 Å². The molecule has 1 aromatic carbocycles. The molecule has 0 amide bonds. The lowest BCUT2D eigenvalue weighted by molar-refractivity contribution is 0.285. The number of aromatic amines is 1. The summed E-state index contributed by atoms with van der Waals surface area (Å²) >= 11 is 3.53. The van der Waals surface area contributed by atoms with E-state index in [9.17, 15) is 0 Å². The quantitative estimate of drug-likeness (QED) is 0.529. The van der Waals surface area contributed by atoms with Crippen LogP contribution in [-0.4, -0.2) is 16.0 Å². The molecule has 0 aliphatic carbocycles. The number of rotatable bonds is 5. The number of pyridine rings is 1. The first-order valence-electron chi connectivity index (χ1n) is 9.64. The minimum atomic E-state index is -0.248. The van der Waals surface area contributed by atoms with Gasteiger partial charge in [-0.15, -0.1) is 0 Å². The van der Waals surface area contributed by atoms with Crippen molar-refractivity contribution < 1.29 is 0 Å². The number of fused-ring (bicyclic) bond motifs is 3. The van der Waals surface area contributed by atoms with Crippen LogP contribution in [0.3, 0.4) is 0 Å². The highest BCUT2D eigenvalue weighted by molar-refractivity contribution is 9.10. The van der Waals surface area contributed by atoms with Crippen LogP contribution in [0.2, 0.25) is 0 Å². The molecule has 4 heteroatoms. The van der Waals surface area contributed by atoms with E-state index in [0.717, 1.165) is 23.0 Å².